The highest BCUT2D eigenvalue weighted by Crippen LogP contribution is 2.40. The Morgan fingerprint density at radius 1 is 0.870 bits per heavy atom. The molecular formula is C16H9Cl2F3N2. The first kappa shape index (κ1) is 15.9. The van der Waals surface area contributed by atoms with E-state index >= 15 is 0 Å². The zero-order chi connectivity index (χ0) is 16.6. The summed E-state index contributed by atoms with van der Waals surface area (Å²) in [5.41, 5.74) is 0.0240. The van der Waals surface area contributed by atoms with Crippen LogP contribution in [-0.2, 0) is 6.18 Å². The predicted octanol–water partition coefficient (Wildman–Crippen LogP) is 5.86. The van der Waals surface area contributed by atoms with Gasteiger partial charge in [0.25, 0.3) is 0 Å². The second-order valence-electron chi connectivity index (χ2n) is 4.76. The quantitative estimate of drug-likeness (QED) is 0.561. The lowest BCUT2D eigenvalue weighted by atomic mass is 10.1. The van der Waals surface area contributed by atoms with Crippen molar-refractivity contribution in [3.63, 3.8) is 0 Å². The van der Waals surface area contributed by atoms with E-state index in [0.717, 1.165) is 0 Å². The number of hydrogen-bond acceptors (Lipinski definition) is 1. The van der Waals surface area contributed by atoms with Gasteiger partial charge in [-0.05, 0) is 24.3 Å². The summed E-state index contributed by atoms with van der Waals surface area (Å²) in [7, 11) is 0. The van der Waals surface area contributed by atoms with Crippen LogP contribution in [0.15, 0.2) is 54.6 Å². The highest BCUT2D eigenvalue weighted by atomic mass is 35.5. The van der Waals surface area contributed by atoms with E-state index in [-0.39, 0.29) is 5.69 Å². The Balaban J connectivity index is 2.28. The van der Waals surface area contributed by atoms with Crippen LogP contribution in [0.5, 0.6) is 0 Å². The maximum atomic E-state index is 13.2. The van der Waals surface area contributed by atoms with Crippen molar-refractivity contribution in [2.45, 2.75) is 6.18 Å². The third-order valence-corrected chi connectivity index (χ3v) is 3.82. The van der Waals surface area contributed by atoms with Crippen LogP contribution in [0, 0.1) is 0 Å². The first-order chi connectivity index (χ1) is 10.9. The Bertz CT molecular complexity index is 825. The molecule has 0 aliphatic rings. The van der Waals surface area contributed by atoms with Crippen molar-refractivity contribution < 1.29 is 13.2 Å². The molecule has 0 unspecified atom stereocenters. The fourth-order valence-corrected chi connectivity index (χ4v) is 2.65. The fourth-order valence-electron chi connectivity index (χ4n) is 2.19. The molecule has 1 heterocycles. The smallest absolute Gasteiger partial charge is 0.231 e. The number of aromatic nitrogens is 2. The fraction of sp³-hybridized carbons (Fsp3) is 0.0625. The van der Waals surface area contributed by atoms with Gasteiger partial charge in [0.2, 0.25) is 0 Å². The number of benzene rings is 2. The normalized spacial score (nSPS) is 11.7. The van der Waals surface area contributed by atoms with E-state index in [9.17, 15) is 13.2 Å². The van der Waals surface area contributed by atoms with Crippen molar-refractivity contribution in [1.29, 1.82) is 0 Å². The summed E-state index contributed by atoms with van der Waals surface area (Å²) in [5, 5.41) is 3.71. The molecule has 0 saturated carbocycles. The number of para-hydroxylation sites is 1. The number of nitrogens with zero attached hydrogens (tertiary/aromatic N) is 2. The molecule has 0 aliphatic carbocycles. The van der Waals surface area contributed by atoms with Gasteiger partial charge in [-0.25, -0.2) is 4.68 Å². The lowest BCUT2D eigenvalue weighted by Gasteiger charge is -2.08. The Hall–Kier alpha value is -1.98. The van der Waals surface area contributed by atoms with Gasteiger partial charge in [0.1, 0.15) is 0 Å². The molecule has 3 aromatic rings. The molecule has 0 bridgehead atoms. The average Bonchev–Trinajstić information content (AvgIpc) is 2.87. The zero-order valence-corrected chi connectivity index (χ0v) is 13.0. The van der Waals surface area contributed by atoms with Gasteiger partial charge in [0, 0.05) is 10.6 Å². The molecule has 0 amide bonds. The third kappa shape index (κ3) is 3.07. The average molecular weight is 357 g/mol. The van der Waals surface area contributed by atoms with Gasteiger partial charge >= 0.3 is 6.18 Å². The predicted molar refractivity (Wildman–Crippen MR) is 84.0 cm³/mol. The molecular weight excluding hydrogens is 348 g/mol. The largest absolute Gasteiger partial charge is 0.436 e. The molecule has 0 N–H and O–H groups in total. The molecule has 0 aliphatic heterocycles. The molecule has 2 aromatic carbocycles. The third-order valence-electron chi connectivity index (χ3n) is 3.21. The van der Waals surface area contributed by atoms with Gasteiger partial charge in [-0.3, -0.25) is 0 Å². The van der Waals surface area contributed by atoms with Crippen LogP contribution in [0.4, 0.5) is 13.2 Å². The Kier molecular flexibility index (Phi) is 4.08. The van der Waals surface area contributed by atoms with Gasteiger partial charge in [-0.2, -0.15) is 18.3 Å². The number of halogens is 5. The Morgan fingerprint density at radius 3 is 2.04 bits per heavy atom. The molecule has 23 heavy (non-hydrogen) atoms. The summed E-state index contributed by atoms with van der Waals surface area (Å²) in [5.74, 6) is 0. The van der Waals surface area contributed by atoms with Crippen molar-refractivity contribution in [1.82, 2.24) is 9.78 Å². The van der Waals surface area contributed by atoms with Crippen LogP contribution in [0.2, 0.25) is 10.0 Å². The minimum atomic E-state index is -4.64. The summed E-state index contributed by atoms with van der Waals surface area (Å²) in [6.45, 7) is 0. The monoisotopic (exact) mass is 356 g/mol. The lowest BCUT2D eigenvalue weighted by molar-refractivity contribution is -0.141. The van der Waals surface area contributed by atoms with Gasteiger partial charge in [0.05, 0.1) is 16.4 Å². The van der Waals surface area contributed by atoms with Crippen molar-refractivity contribution in [2.75, 3.05) is 0 Å². The van der Waals surface area contributed by atoms with Crippen LogP contribution in [0.1, 0.15) is 5.69 Å². The molecule has 7 heteroatoms. The lowest BCUT2D eigenvalue weighted by Crippen LogP contribution is -2.07. The van der Waals surface area contributed by atoms with Gasteiger partial charge in [-0.15, -0.1) is 0 Å². The number of rotatable bonds is 2. The van der Waals surface area contributed by atoms with Crippen LogP contribution < -0.4 is 0 Å². The van der Waals surface area contributed by atoms with Gasteiger partial charge in [-0.1, -0.05) is 53.5 Å². The van der Waals surface area contributed by atoms with Crippen LogP contribution in [-0.4, -0.2) is 9.78 Å². The van der Waals surface area contributed by atoms with Gasteiger partial charge in [0.15, 0.2) is 5.69 Å². The van der Waals surface area contributed by atoms with Crippen molar-refractivity contribution in [3.05, 3.63) is 70.3 Å². The molecule has 1 aromatic heterocycles. The van der Waals surface area contributed by atoms with E-state index in [1.807, 2.05) is 0 Å². The standard InChI is InChI=1S/C16H9Cl2F3N2/c17-11-8-6-10(7-9-11)14-13(18)15(16(19,20)21)22-23(14)12-4-2-1-3-5-12/h1-9H. The minimum Gasteiger partial charge on any atom is -0.231 e. The SMILES string of the molecule is FC(F)(F)c1nn(-c2ccccc2)c(-c2ccc(Cl)cc2)c1Cl. The molecule has 0 atom stereocenters. The zero-order valence-electron chi connectivity index (χ0n) is 11.5. The van der Waals surface area contributed by atoms with Crippen molar-refractivity contribution >= 4 is 23.2 Å². The number of hydrogen-bond donors (Lipinski definition) is 0. The maximum Gasteiger partial charge on any atom is 0.436 e. The topological polar surface area (TPSA) is 17.8 Å². The Morgan fingerprint density at radius 2 is 1.48 bits per heavy atom. The maximum absolute atomic E-state index is 13.2. The molecule has 3 rings (SSSR count). The Labute approximate surface area is 140 Å². The van der Waals surface area contributed by atoms with Crippen LogP contribution >= 0.6 is 23.2 Å². The molecule has 118 valence electrons. The highest BCUT2D eigenvalue weighted by Gasteiger charge is 2.39. The van der Waals surface area contributed by atoms with E-state index in [1.165, 1.54) is 4.68 Å². The summed E-state index contributed by atoms with van der Waals surface area (Å²) in [4.78, 5) is 0. The molecule has 2 nitrogen and oxygen atoms in total. The minimum absolute atomic E-state index is 0.168. The highest BCUT2D eigenvalue weighted by molar-refractivity contribution is 6.34. The molecule has 0 saturated heterocycles. The molecule has 0 radical (unpaired) electrons. The summed E-state index contributed by atoms with van der Waals surface area (Å²) >= 11 is 11.8. The number of alkyl halides is 3. The second kappa shape index (κ2) is 5.91. The first-order valence-electron chi connectivity index (χ1n) is 6.55. The second-order valence-corrected chi connectivity index (χ2v) is 5.58. The van der Waals surface area contributed by atoms with E-state index in [2.05, 4.69) is 5.10 Å². The van der Waals surface area contributed by atoms with Crippen LogP contribution in [0.3, 0.4) is 0 Å². The van der Waals surface area contributed by atoms with Gasteiger partial charge < -0.3 is 0 Å². The van der Waals surface area contributed by atoms with E-state index < -0.39 is 16.9 Å². The van der Waals surface area contributed by atoms with E-state index in [0.29, 0.717) is 16.3 Å². The first-order valence-corrected chi connectivity index (χ1v) is 7.30. The summed E-state index contributed by atoms with van der Waals surface area (Å²) < 4.78 is 40.7. The van der Waals surface area contributed by atoms with Crippen LogP contribution in [0.25, 0.3) is 16.9 Å². The van der Waals surface area contributed by atoms with E-state index in [4.69, 9.17) is 23.2 Å². The van der Waals surface area contributed by atoms with Crippen molar-refractivity contribution in [2.24, 2.45) is 0 Å². The van der Waals surface area contributed by atoms with E-state index in [1.54, 1.807) is 54.6 Å². The molecule has 0 spiro atoms. The van der Waals surface area contributed by atoms with Crippen molar-refractivity contribution in [3.8, 4) is 16.9 Å². The molecule has 0 fully saturated rings. The summed E-state index contributed by atoms with van der Waals surface area (Å²) in [6.07, 6.45) is -4.64. The summed E-state index contributed by atoms with van der Waals surface area (Å²) in [6, 6.07) is 14.9.